The van der Waals surface area contributed by atoms with Crippen molar-refractivity contribution in [3.63, 3.8) is 0 Å². The average molecular weight is 255 g/mol. The van der Waals surface area contributed by atoms with E-state index in [9.17, 15) is 0 Å². The third kappa shape index (κ3) is 4.40. The Morgan fingerprint density at radius 3 is 2.47 bits per heavy atom. The lowest BCUT2D eigenvalue weighted by Gasteiger charge is -2.11. The van der Waals surface area contributed by atoms with Crippen molar-refractivity contribution in [3.05, 3.63) is 59.8 Å². The molecule has 19 heavy (non-hydrogen) atoms. The van der Waals surface area contributed by atoms with Gasteiger partial charge in [-0.1, -0.05) is 43.3 Å². The maximum Gasteiger partial charge on any atom is 0.212 e. The molecule has 0 bridgehead atoms. The topological polar surface area (TPSA) is 22.1 Å². The minimum absolute atomic E-state index is 0.662. The summed E-state index contributed by atoms with van der Waals surface area (Å²) in [6, 6.07) is 14.7. The Bertz CT molecular complexity index is 478. The number of pyridine rings is 1. The molecule has 2 aromatic rings. The molecule has 0 N–H and O–H groups in total. The van der Waals surface area contributed by atoms with Crippen molar-refractivity contribution in [2.24, 2.45) is 5.92 Å². The van der Waals surface area contributed by atoms with Crippen molar-refractivity contribution < 1.29 is 4.74 Å². The molecule has 2 heteroatoms. The molecule has 1 atom stereocenters. The van der Waals surface area contributed by atoms with Crippen LogP contribution in [0.1, 0.15) is 24.5 Å². The molecular weight excluding hydrogens is 234 g/mol. The smallest absolute Gasteiger partial charge is 0.212 e. The summed E-state index contributed by atoms with van der Waals surface area (Å²) in [5.41, 5.74) is 2.70. The molecule has 1 aromatic heterocycles. The molecule has 2 rings (SSSR count). The number of ether oxygens (including phenoxy) is 1. The maximum atomic E-state index is 5.07. The third-order valence-electron chi connectivity index (χ3n) is 3.36. The SMILES string of the molecule is COc1ccc(CC(C)CCc2ccccc2)cn1. The first-order chi connectivity index (χ1) is 9.28. The number of aryl methyl sites for hydroxylation is 1. The number of methoxy groups -OCH3 is 1. The molecule has 0 saturated carbocycles. The lowest BCUT2D eigenvalue weighted by molar-refractivity contribution is 0.397. The standard InChI is InChI=1S/C17H21NO/c1-14(8-9-15-6-4-3-5-7-15)12-16-10-11-17(19-2)18-13-16/h3-7,10-11,13-14H,8-9,12H2,1-2H3. The van der Waals surface area contributed by atoms with E-state index in [1.165, 1.54) is 17.5 Å². The summed E-state index contributed by atoms with van der Waals surface area (Å²) < 4.78 is 5.07. The van der Waals surface area contributed by atoms with Gasteiger partial charge in [-0.2, -0.15) is 0 Å². The van der Waals surface area contributed by atoms with Gasteiger partial charge in [-0.05, 0) is 36.3 Å². The molecule has 0 aliphatic rings. The molecular formula is C17H21NO. The van der Waals surface area contributed by atoms with Crippen molar-refractivity contribution in [1.29, 1.82) is 0 Å². The maximum absolute atomic E-state index is 5.07. The van der Waals surface area contributed by atoms with Crippen LogP contribution >= 0.6 is 0 Å². The summed E-state index contributed by atoms with van der Waals surface area (Å²) in [6.45, 7) is 2.30. The molecule has 0 radical (unpaired) electrons. The number of rotatable bonds is 6. The van der Waals surface area contributed by atoms with Gasteiger partial charge in [-0.25, -0.2) is 4.98 Å². The summed E-state index contributed by atoms with van der Waals surface area (Å²) in [7, 11) is 1.64. The van der Waals surface area contributed by atoms with Crippen LogP contribution in [0.15, 0.2) is 48.7 Å². The van der Waals surface area contributed by atoms with E-state index in [2.05, 4.69) is 48.3 Å². The van der Waals surface area contributed by atoms with Crippen molar-refractivity contribution in [1.82, 2.24) is 4.98 Å². The van der Waals surface area contributed by atoms with Gasteiger partial charge in [0, 0.05) is 12.3 Å². The van der Waals surface area contributed by atoms with Crippen molar-refractivity contribution >= 4 is 0 Å². The van der Waals surface area contributed by atoms with Gasteiger partial charge >= 0.3 is 0 Å². The first-order valence-corrected chi connectivity index (χ1v) is 6.81. The van der Waals surface area contributed by atoms with Crippen molar-refractivity contribution in [2.75, 3.05) is 7.11 Å². The van der Waals surface area contributed by atoms with E-state index in [1.54, 1.807) is 7.11 Å². The predicted molar refractivity (Wildman–Crippen MR) is 78.4 cm³/mol. The van der Waals surface area contributed by atoms with Gasteiger partial charge in [0.05, 0.1) is 7.11 Å². The van der Waals surface area contributed by atoms with Gasteiger partial charge in [0.25, 0.3) is 0 Å². The molecule has 0 aliphatic heterocycles. The van der Waals surface area contributed by atoms with Crippen LogP contribution in [0, 0.1) is 5.92 Å². The number of hydrogen-bond donors (Lipinski definition) is 0. The Hall–Kier alpha value is -1.83. The minimum Gasteiger partial charge on any atom is -0.481 e. The summed E-state index contributed by atoms with van der Waals surface area (Å²) in [4.78, 5) is 4.25. The molecule has 1 unspecified atom stereocenters. The van der Waals surface area contributed by atoms with Crippen LogP contribution in [-0.4, -0.2) is 12.1 Å². The molecule has 2 nitrogen and oxygen atoms in total. The summed E-state index contributed by atoms with van der Waals surface area (Å²) in [5, 5.41) is 0. The normalized spacial score (nSPS) is 12.1. The average Bonchev–Trinajstić information content (AvgIpc) is 2.47. The molecule has 0 spiro atoms. The van der Waals surface area contributed by atoms with E-state index >= 15 is 0 Å². The Labute approximate surface area is 115 Å². The Kier molecular flexibility index (Phi) is 4.96. The second-order valence-electron chi connectivity index (χ2n) is 5.04. The van der Waals surface area contributed by atoms with Crippen LogP contribution in [-0.2, 0) is 12.8 Å². The van der Waals surface area contributed by atoms with Gasteiger partial charge in [-0.15, -0.1) is 0 Å². The lowest BCUT2D eigenvalue weighted by atomic mass is 9.95. The monoisotopic (exact) mass is 255 g/mol. The molecule has 100 valence electrons. The number of aromatic nitrogens is 1. The number of benzene rings is 1. The number of nitrogens with zero attached hydrogens (tertiary/aromatic N) is 1. The highest BCUT2D eigenvalue weighted by Crippen LogP contribution is 2.16. The highest BCUT2D eigenvalue weighted by atomic mass is 16.5. The summed E-state index contributed by atoms with van der Waals surface area (Å²) >= 11 is 0. The first kappa shape index (κ1) is 13.6. The van der Waals surface area contributed by atoms with E-state index in [0.717, 1.165) is 12.8 Å². The second-order valence-corrected chi connectivity index (χ2v) is 5.04. The molecule has 0 amide bonds. The highest BCUT2D eigenvalue weighted by Gasteiger charge is 2.05. The molecule has 0 fully saturated rings. The first-order valence-electron chi connectivity index (χ1n) is 6.81. The lowest BCUT2D eigenvalue weighted by Crippen LogP contribution is -2.02. The van der Waals surface area contributed by atoms with Crippen LogP contribution < -0.4 is 4.74 Å². The van der Waals surface area contributed by atoms with Gasteiger partial charge in [0.2, 0.25) is 5.88 Å². The highest BCUT2D eigenvalue weighted by molar-refractivity contribution is 5.18. The Morgan fingerprint density at radius 2 is 1.84 bits per heavy atom. The van der Waals surface area contributed by atoms with Gasteiger partial charge in [0.1, 0.15) is 0 Å². The minimum atomic E-state index is 0.662. The molecule has 0 saturated heterocycles. The van der Waals surface area contributed by atoms with Crippen LogP contribution in [0.2, 0.25) is 0 Å². The zero-order valence-electron chi connectivity index (χ0n) is 11.7. The number of hydrogen-bond acceptors (Lipinski definition) is 2. The van der Waals surface area contributed by atoms with E-state index in [-0.39, 0.29) is 0 Å². The Balaban J connectivity index is 1.82. The van der Waals surface area contributed by atoms with Gasteiger partial charge in [-0.3, -0.25) is 0 Å². The van der Waals surface area contributed by atoms with E-state index in [0.29, 0.717) is 11.8 Å². The fraction of sp³-hybridized carbons (Fsp3) is 0.353. The zero-order chi connectivity index (χ0) is 13.5. The molecule has 0 aliphatic carbocycles. The zero-order valence-corrected chi connectivity index (χ0v) is 11.7. The largest absolute Gasteiger partial charge is 0.481 e. The summed E-state index contributed by atoms with van der Waals surface area (Å²) in [5.74, 6) is 1.34. The summed E-state index contributed by atoms with van der Waals surface area (Å²) in [6.07, 6.45) is 5.34. The van der Waals surface area contributed by atoms with Crippen molar-refractivity contribution in [2.45, 2.75) is 26.2 Å². The fourth-order valence-corrected chi connectivity index (χ4v) is 2.21. The third-order valence-corrected chi connectivity index (χ3v) is 3.36. The van der Waals surface area contributed by atoms with Crippen LogP contribution in [0.5, 0.6) is 5.88 Å². The molecule has 1 aromatic carbocycles. The van der Waals surface area contributed by atoms with Crippen molar-refractivity contribution in [3.8, 4) is 5.88 Å². The van der Waals surface area contributed by atoms with Gasteiger partial charge in [0.15, 0.2) is 0 Å². The van der Waals surface area contributed by atoms with E-state index < -0.39 is 0 Å². The fourth-order valence-electron chi connectivity index (χ4n) is 2.21. The van der Waals surface area contributed by atoms with Crippen LogP contribution in [0.3, 0.4) is 0 Å². The van der Waals surface area contributed by atoms with Crippen LogP contribution in [0.25, 0.3) is 0 Å². The van der Waals surface area contributed by atoms with Crippen LogP contribution in [0.4, 0.5) is 0 Å². The van der Waals surface area contributed by atoms with E-state index in [1.807, 2.05) is 12.3 Å². The van der Waals surface area contributed by atoms with Gasteiger partial charge < -0.3 is 4.74 Å². The molecule has 1 heterocycles. The Morgan fingerprint density at radius 1 is 1.05 bits per heavy atom. The van der Waals surface area contributed by atoms with E-state index in [4.69, 9.17) is 4.74 Å². The predicted octanol–water partition coefficient (Wildman–Crippen LogP) is 3.90. The second kappa shape index (κ2) is 6.93. The quantitative estimate of drug-likeness (QED) is 0.781.